The first-order chi connectivity index (χ1) is 23.7. The Kier molecular flexibility index (Phi) is 26.3. The van der Waals surface area contributed by atoms with Crippen molar-refractivity contribution in [2.24, 2.45) is 0 Å². The molecule has 7 nitrogen and oxygen atoms in total. The highest BCUT2D eigenvalue weighted by Crippen LogP contribution is 2.21. The molecule has 0 saturated carbocycles. The van der Waals surface area contributed by atoms with Gasteiger partial charge in [0.05, 0.1) is 42.9 Å². The van der Waals surface area contributed by atoms with Crippen molar-refractivity contribution in [3.05, 3.63) is 42.2 Å². The minimum absolute atomic E-state index is 0.195. The van der Waals surface area contributed by atoms with Crippen molar-refractivity contribution in [1.29, 1.82) is 0 Å². The van der Waals surface area contributed by atoms with Gasteiger partial charge in [-0.1, -0.05) is 118 Å². The second-order valence-corrected chi connectivity index (χ2v) is 15.5. The van der Waals surface area contributed by atoms with Gasteiger partial charge in [-0.2, -0.15) is 0 Å². The second kappa shape index (κ2) is 28.6. The second-order valence-electron chi connectivity index (χ2n) is 14.0. The molecule has 0 atom stereocenters. The maximum atomic E-state index is 10.2. The number of aromatic nitrogens is 2. The van der Waals surface area contributed by atoms with Gasteiger partial charge in [-0.05, 0) is 68.4 Å². The molecule has 1 aromatic heterocycles. The topological polar surface area (TPSA) is 92.2 Å². The van der Waals surface area contributed by atoms with Gasteiger partial charge in [0.2, 0.25) is 0 Å². The molecule has 0 radical (unpaired) electrons. The summed E-state index contributed by atoms with van der Waals surface area (Å²) in [5, 5.41) is 0. The lowest BCUT2D eigenvalue weighted by molar-refractivity contribution is -0.929. The van der Waals surface area contributed by atoms with Crippen molar-refractivity contribution in [1.82, 2.24) is 9.97 Å². The van der Waals surface area contributed by atoms with Gasteiger partial charge < -0.3 is 13.8 Å². The molecule has 2 aromatic rings. The normalized spacial score (nSPS) is 11.7. The highest BCUT2D eigenvalue weighted by atomic mass is 32.2. The number of unbranched alkanes of at least 4 members (excludes halogenated alkanes) is 13. The third-order valence-electron chi connectivity index (χ3n) is 9.39. The lowest BCUT2D eigenvalue weighted by atomic mass is 10.1. The van der Waals surface area contributed by atoms with Crippen molar-refractivity contribution in [2.75, 3.05) is 38.5 Å². The summed E-state index contributed by atoms with van der Waals surface area (Å²) in [6, 6.07) is 8.30. The fraction of sp³-hybridized carbons (Fsp3) is 0.756. The van der Waals surface area contributed by atoms with Crippen molar-refractivity contribution in [2.45, 2.75) is 163 Å². The zero-order valence-corrected chi connectivity index (χ0v) is 33.0. The number of hydrogen-bond acceptors (Lipinski definition) is 6. The first-order valence-corrected chi connectivity index (χ1v) is 21.6. The van der Waals surface area contributed by atoms with E-state index in [-0.39, 0.29) is 5.75 Å². The average Bonchev–Trinajstić information content (AvgIpc) is 3.10. The van der Waals surface area contributed by atoms with Crippen molar-refractivity contribution in [3.8, 4) is 17.1 Å². The minimum atomic E-state index is -3.97. The lowest BCUT2D eigenvalue weighted by Crippen LogP contribution is -2.51. The summed E-state index contributed by atoms with van der Waals surface area (Å²) in [6.07, 6.45) is 27.9. The number of aryl methyl sites for hydroxylation is 1. The molecule has 0 amide bonds. The van der Waals surface area contributed by atoms with Crippen LogP contribution >= 0.6 is 0 Å². The summed E-state index contributed by atoms with van der Waals surface area (Å²) < 4.78 is 37.9. The van der Waals surface area contributed by atoms with Crippen molar-refractivity contribution < 1.29 is 22.2 Å². The third-order valence-corrected chi connectivity index (χ3v) is 10.2. The molecule has 49 heavy (non-hydrogen) atoms. The highest BCUT2D eigenvalue weighted by Gasteiger charge is 2.25. The molecule has 0 bridgehead atoms. The van der Waals surface area contributed by atoms with Gasteiger partial charge >= 0.3 is 0 Å². The summed E-state index contributed by atoms with van der Waals surface area (Å²) in [4.78, 5) is 9.26. The van der Waals surface area contributed by atoms with Crippen LogP contribution in [0.5, 0.6) is 5.75 Å². The number of benzene rings is 1. The van der Waals surface area contributed by atoms with E-state index in [9.17, 15) is 13.0 Å². The van der Waals surface area contributed by atoms with E-state index in [4.69, 9.17) is 4.74 Å². The van der Waals surface area contributed by atoms with Gasteiger partial charge in [-0.25, -0.2) is 18.4 Å². The van der Waals surface area contributed by atoms with Crippen LogP contribution in [0.15, 0.2) is 36.7 Å². The minimum Gasteiger partial charge on any atom is -0.748 e. The van der Waals surface area contributed by atoms with Crippen LogP contribution in [0.2, 0.25) is 0 Å². The maximum absolute atomic E-state index is 10.2. The Morgan fingerprint density at radius 1 is 0.592 bits per heavy atom. The Hall–Kier alpha value is -2.03. The third kappa shape index (κ3) is 23.1. The molecule has 1 heterocycles. The van der Waals surface area contributed by atoms with Crippen LogP contribution < -0.4 is 4.74 Å². The predicted octanol–water partition coefficient (Wildman–Crippen LogP) is 10.9. The summed E-state index contributed by atoms with van der Waals surface area (Å²) in [7, 11) is -3.97. The number of rotatable bonds is 29. The molecule has 8 heteroatoms. The van der Waals surface area contributed by atoms with Crippen LogP contribution in [0, 0.1) is 0 Å². The van der Waals surface area contributed by atoms with E-state index >= 15 is 0 Å². The van der Waals surface area contributed by atoms with E-state index in [1.165, 1.54) is 126 Å². The van der Waals surface area contributed by atoms with E-state index in [0.717, 1.165) is 55.8 Å². The molecule has 2 rings (SSSR count). The van der Waals surface area contributed by atoms with Gasteiger partial charge in [-0.3, -0.25) is 0 Å². The molecule has 1 aromatic carbocycles. The van der Waals surface area contributed by atoms with E-state index in [0.29, 0.717) is 6.42 Å². The summed E-state index contributed by atoms with van der Waals surface area (Å²) in [6.45, 7) is 17.3. The smallest absolute Gasteiger partial charge is 0.159 e. The van der Waals surface area contributed by atoms with Gasteiger partial charge in [0, 0.05) is 30.1 Å². The van der Waals surface area contributed by atoms with Gasteiger partial charge in [-0.15, -0.1) is 0 Å². The predicted molar refractivity (Wildman–Crippen MR) is 207 cm³/mol. The molecule has 0 aliphatic rings. The Morgan fingerprint density at radius 3 is 1.53 bits per heavy atom. The molecular weight excluding hydrogens is 631 g/mol. The first-order valence-electron chi connectivity index (χ1n) is 20.0. The van der Waals surface area contributed by atoms with Gasteiger partial charge in [0.25, 0.3) is 0 Å². The average molecular weight is 704 g/mol. The van der Waals surface area contributed by atoms with Crippen LogP contribution in [-0.2, 0) is 16.5 Å². The Labute approximate surface area is 302 Å². The number of nitrogens with zero attached hydrogens (tertiary/aromatic N) is 3. The molecule has 0 spiro atoms. The zero-order chi connectivity index (χ0) is 36.1. The summed E-state index contributed by atoms with van der Waals surface area (Å²) >= 11 is 0. The molecule has 282 valence electrons. The summed E-state index contributed by atoms with van der Waals surface area (Å²) in [5.41, 5.74) is 2.29. The first kappa shape index (κ1) is 45.0. The van der Waals surface area contributed by atoms with Gasteiger partial charge in [0.15, 0.2) is 5.82 Å². The Balaban J connectivity index is 0.000000849. The van der Waals surface area contributed by atoms with Crippen LogP contribution in [-0.4, -0.2) is 66.0 Å². The van der Waals surface area contributed by atoms with E-state index in [2.05, 4.69) is 68.9 Å². The van der Waals surface area contributed by atoms with Crippen LogP contribution in [0.3, 0.4) is 0 Å². The van der Waals surface area contributed by atoms with Crippen molar-refractivity contribution >= 4 is 10.1 Å². The molecule has 0 aliphatic heterocycles. The molecular formula is C41H73N3O4S. The highest BCUT2D eigenvalue weighted by molar-refractivity contribution is 7.85. The number of ether oxygens (including phenoxy) is 1. The van der Waals surface area contributed by atoms with Crippen LogP contribution in [0.1, 0.15) is 162 Å². The van der Waals surface area contributed by atoms with E-state index in [1.807, 2.05) is 12.4 Å². The SMILES string of the molecule is CCCCCCCCS(=O)(=O)[O-].CCCCCCCCc1cnc(-c2ccc(OCCC[N+](CCCC)(CCCC)CCCC)cc2)nc1. The number of hydrogen-bond donors (Lipinski definition) is 0. The van der Waals surface area contributed by atoms with E-state index in [1.54, 1.807) is 0 Å². The largest absolute Gasteiger partial charge is 0.748 e. The zero-order valence-electron chi connectivity index (χ0n) is 32.2. The number of quaternary nitrogens is 1. The lowest BCUT2D eigenvalue weighted by Gasteiger charge is -2.39. The summed E-state index contributed by atoms with van der Waals surface area (Å²) in [5.74, 6) is 1.54. The van der Waals surface area contributed by atoms with Crippen molar-refractivity contribution in [3.63, 3.8) is 0 Å². The monoisotopic (exact) mass is 704 g/mol. The molecule has 0 unspecified atom stereocenters. The molecule has 0 aliphatic carbocycles. The van der Waals surface area contributed by atoms with E-state index < -0.39 is 10.1 Å². The molecule has 0 saturated heterocycles. The standard InChI is InChI=1S/C33H56N3O.C8H18O3S/c1-5-9-13-14-15-16-18-30-28-34-33(35-29-30)31-19-21-32(22-20-31)37-27-17-26-36(23-10-6-2,24-11-7-3)25-12-8-4;1-2-3-4-5-6-7-8-12(9,10)11/h19-22,28-29H,5-18,23-27H2,1-4H3;2-8H2,1H3,(H,9,10,11)/q+1;/p-1. The molecule has 0 N–H and O–H groups in total. The molecule has 0 fully saturated rings. The van der Waals surface area contributed by atoms with Crippen LogP contribution in [0.4, 0.5) is 0 Å². The maximum Gasteiger partial charge on any atom is 0.159 e. The fourth-order valence-corrected chi connectivity index (χ4v) is 6.80. The van der Waals surface area contributed by atoms with Crippen LogP contribution in [0.25, 0.3) is 11.4 Å². The Bertz CT molecular complexity index is 1120. The quantitative estimate of drug-likeness (QED) is 0.0476. The fourth-order valence-electron chi connectivity index (χ4n) is 6.24. The van der Waals surface area contributed by atoms with Gasteiger partial charge in [0.1, 0.15) is 5.75 Å². The Morgan fingerprint density at radius 2 is 1.04 bits per heavy atom.